The zero-order valence-electron chi connectivity index (χ0n) is 32.6. The summed E-state index contributed by atoms with van der Waals surface area (Å²) in [6.07, 6.45) is 0. The molecule has 2 aliphatic rings. The predicted molar refractivity (Wildman–Crippen MR) is 258 cm³/mol. The third kappa shape index (κ3) is 6.51. The van der Waals surface area contributed by atoms with Crippen molar-refractivity contribution in [1.29, 1.82) is 0 Å². The van der Waals surface area contributed by atoms with Crippen LogP contribution in [0.2, 0.25) is 0 Å². The molecular weight excluding hydrogens is 821 g/mol. The van der Waals surface area contributed by atoms with Crippen LogP contribution >= 0.6 is 47.0 Å². The fraction of sp³-hybridized carbons (Fsp3) is 0. The number of fused-ring (bicyclic) bond motifs is 7. The average Bonchev–Trinajstić information content (AvgIpc) is 3.70. The molecule has 10 aromatic rings. The van der Waals surface area contributed by atoms with Crippen LogP contribution in [-0.4, -0.2) is 0 Å². The Hall–Kier alpha value is -6.22. The van der Waals surface area contributed by atoms with Crippen LogP contribution in [0.4, 0.5) is 34.1 Å². The summed E-state index contributed by atoms with van der Waals surface area (Å²) >= 11 is 7.37. The Bertz CT molecular complexity index is 3290. The lowest BCUT2D eigenvalue weighted by Gasteiger charge is -2.32. The Kier molecular flexibility index (Phi) is 9.22. The zero-order valence-corrected chi connectivity index (χ0v) is 35.8. The average molecular weight is 855 g/mol. The highest BCUT2D eigenvalue weighted by atomic mass is 32.2. The van der Waals surface area contributed by atoms with E-state index in [9.17, 15) is 0 Å². The second-order valence-electron chi connectivity index (χ2n) is 14.9. The molecule has 290 valence electrons. The summed E-state index contributed by atoms with van der Waals surface area (Å²) in [6, 6.07) is 74.4. The lowest BCUT2D eigenvalue weighted by Crippen LogP contribution is -2.14. The summed E-state index contributed by atoms with van der Waals surface area (Å²) in [4.78, 5) is 15.0. The monoisotopic (exact) mass is 854 g/mol. The van der Waals surface area contributed by atoms with Crippen LogP contribution in [-0.2, 0) is 0 Å². The highest BCUT2D eigenvalue weighted by molar-refractivity contribution is 8.05. The van der Waals surface area contributed by atoms with Crippen molar-refractivity contribution in [2.45, 2.75) is 39.2 Å². The topological polar surface area (TPSA) is 19.6 Å². The van der Waals surface area contributed by atoms with E-state index in [2.05, 4.69) is 216 Å². The number of para-hydroxylation sites is 4. The minimum Gasteiger partial charge on any atom is -0.454 e. The van der Waals surface area contributed by atoms with Crippen LogP contribution in [0.25, 0.3) is 33.1 Å². The molecule has 7 heteroatoms. The van der Waals surface area contributed by atoms with Gasteiger partial charge in [-0.05, 0) is 103 Å². The molecule has 9 aromatic carbocycles. The van der Waals surface area contributed by atoms with Crippen molar-refractivity contribution in [2.75, 3.05) is 9.80 Å². The highest BCUT2D eigenvalue weighted by Gasteiger charge is 2.28. The molecule has 61 heavy (non-hydrogen) atoms. The molecule has 3 nitrogen and oxygen atoms in total. The van der Waals surface area contributed by atoms with Gasteiger partial charge in [-0.3, -0.25) is 0 Å². The van der Waals surface area contributed by atoms with E-state index >= 15 is 0 Å². The van der Waals surface area contributed by atoms with E-state index in [1.165, 1.54) is 39.2 Å². The maximum Gasteiger partial charge on any atom is 0.160 e. The smallest absolute Gasteiger partial charge is 0.160 e. The molecule has 0 radical (unpaired) electrons. The van der Waals surface area contributed by atoms with Crippen LogP contribution in [0.3, 0.4) is 0 Å². The standard InChI is InChI=1S/C54H34N2OS4/c1-3-15-35(16-4-1)55(37-27-31-49-51(33-37)60-47-25-13-11-23-45(47)58-49)43-21-9-7-19-39(43)41-29-30-42-40-20-8-10-22-44(40)57-54(42)53(41)56(36-17-5-2-6-18-36)38-28-32-50-52(34-38)61-48-26-14-12-24-46(48)59-50/h1-34H. The number of rotatable bonds is 7. The predicted octanol–water partition coefficient (Wildman–Crippen LogP) is 17.4. The summed E-state index contributed by atoms with van der Waals surface area (Å²) in [5.74, 6) is 0. The van der Waals surface area contributed by atoms with E-state index in [-0.39, 0.29) is 0 Å². The largest absolute Gasteiger partial charge is 0.454 e. The van der Waals surface area contributed by atoms with Gasteiger partial charge in [0, 0.05) is 83.8 Å². The maximum atomic E-state index is 7.02. The molecule has 0 amide bonds. The van der Waals surface area contributed by atoms with Gasteiger partial charge in [-0.15, -0.1) is 0 Å². The van der Waals surface area contributed by atoms with Gasteiger partial charge in [0.2, 0.25) is 0 Å². The Balaban J connectivity index is 1.09. The number of nitrogens with zero attached hydrogens (tertiary/aromatic N) is 2. The normalized spacial score (nSPS) is 12.7. The van der Waals surface area contributed by atoms with Gasteiger partial charge < -0.3 is 14.2 Å². The van der Waals surface area contributed by atoms with Crippen LogP contribution in [0.5, 0.6) is 0 Å². The fourth-order valence-corrected chi connectivity index (χ4v) is 12.9. The number of hydrogen-bond donors (Lipinski definition) is 0. The third-order valence-corrected chi connectivity index (χ3v) is 16.2. The van der Waals surface area contributed by atoms with Crippen LogP contribution in [0.15, 0.2) is 250 Å². The molecule has 0 fully saturated rings. The van der Waals surface area contributed by atoms with Crippen molar-refractivity contribution in [1.82, 2.24) is 0 Å². The number of furan rings is 1. The summed E-state index contributed by atoms with van der Waals surface area (Å²) in [7, 11) is 0. The van der Waals surface area contributed by atoms with Crippen molar-refractivity contribution in [3.63, 3.8) is 0 Å². The van der Waals surface area contributed by atoms with Crippen molar-refractivity contribution in [3.8, 4) is 11.1 Å². The van der Waals surface area contributed by atoms with Crippen LogP contribution in [0.1, 0.15) is 0 Å². The van der Waals surface area contributed by atoms with Gasteiger partial charge >= 0.3 is 0 Å². The maximum absolute atomic E-state index is 7.02. The van der Waals surface area contributed by atoms with Crippen molar-refractivity contribution in [2.24, 2.45) is 0 Å². The zero-order chi connectivity index (χ0) is 40.3. The lowest BCUT2D eigenvalue weighted by molar-refractivity contribution is 0.669. The van der Waals surface area contributed by atoms with E-state index < -0.39 is 0 Å². The molecule has 0 N–H and O–H groups in total. The van der Waals surface area contributed by atoms with Gasteiger partial charge in [-0.1, -0.05) is 150 Å². The first-order valence-corrected chi connectivity index (χ1v) is 23.4. The second-order valence-corrected chi connectivity index (χ2v) is 19.2. The molecule has 0 saturated carbocycles. The third-order valence-electron chi connectivity index (χ3n) is 11.2. The van der Waals surface area contributed by atoms with Crippen LogP contribution < -0.4 is 9.80 Å². The molecule has 0 spiro atoms. The van der Waals surface area contributed by atoms with Crippen molar-refractivity contribution < 1.29 is 4.42 Å². The van der Waals surface area contributed by atoms with Crippen molar-refractivity contribution in [3.05, 3.63) is 206 Å². The van der Waals surface area contributed by atoms with Gasteiger partial charge in [0.15, 0.2) is 5.58 Å². The highest BCUT2D eigenvalue weighted by Crippen LogP contribution is 2.55. The van der Waals surface area contributed by atoms with Gasteiger partial charge in [-0.2, -0.15) is 0 Å². The molecule has 0 saturated heterocycles. The Morgan fingerprint density at radius 3 is 1.41 bits per heavy atom. The van der Waals surface area contributed by atoms with Crippen LogP contribution in [0, 0.1) is 0 Å². The number of hydrogen-bond acceptors (Lipinski definition) is 7. The summed E-state index contributed by atoms with van der Waals surface area (Å²) < 4.78 is 7.02. The van der Waals surface area contributed by atoms with Gasteiger partial charge in [0.1, 0.15) is 5.58 Å². The minimum atomic E-state index is 0.842. The van der Waals surface area contributed by atoms with Crippen molar-refractivity contribution >= 4 is 103 Å². The Labute approximate surface area is 371 Å². The lowest BCUT2D eigenvalue weighted by atomic mass is 9.96. The summed E-state index contributed by atoms with van der Waals surface area (Å²) in [5.41, 5.74) is 10.2. The van der Waals surface area contributed by atoms with E-state index in [1.54, 1.807) is 0 Å². The molecule has 0 aliphatic carbocycles. The molecule has 2 aliphatic heterocycles. The Morgan fingerprint density at radius 1 is 0.311 bits per heavy atom. The second kappa shape index (κ2) is 15.4. The summed E-state index contributed by atoms with van der Waals surface area (Å²) in [5, 5.41) is 2.17. The first-order chi connectivity index (χ1) is 30.2. The summed E-state index contributed by atoms with van der Waals surface area (Å²) in [6.45, 7) is 0. The fourth-order valence-electron chi connectivity index (χ4n) is 8.41. The van der Waals surface area contributed by atoms with Gasteiger partial charge in [0.25, 0.3) is 0 Å². The van der Waals surface area contributed by atoms with E-state index in [0.29, 0.717) is 0 Å². The first kappa shape index (κ1) is 36.6. The molecule has 0 atom stereocenters. The Morgan fingerprint density at radius 2 is 0.787 bits per heavy atom. The quantitative estimate of drug-likeness (QED) is 0.157. The molecular formula is C54H34N2OS4. The molecule has 12 rings (SSSR count). The molecule has 0 bridgehead atoms. The SMILES string of the molecule is c1ccc(N(c2ccc3c(c2)Sc2ccccc2S3)c2ccccc2-c2ccc3c(oc4ccccc43)c2N(c2ccccc2)c2ccc3c(c2)Sc2ccccc2S3)cc1. The molecule has 1 aromatic heterocycles. The van der Waals surface area contributed by atoms with E-state index in [4.69, 9.17) is 4.42 Å². The van der Waals surface area contributed by atoms with E-state index in [0.717, 1.165) is 67.2 Å². The van der Waals surface area contributed by atoms with E-state index in [1.807, 2.05) is 47.0 Å². The number of anilines is 6. The molecule has 0 unspecified atom stereocenters. The van der Waals surface area contributed by atoms with Gasteiger partial charge in [0.05, 0.1) is 11.4 Å². The molecule has 3 heterocycles. The first-order valence-electron chi connectivity index (χ1n) is 20.2. The van der Waals surface area contributed by atoms with Gasteiger partial charge in [-0.25, -0.2) is 0 Å². The minimum absolute atomic E-state index is 0.842. The number of benzene rings is 9.